The number of nitrogens with zero attached hydrogens (tertiary/aromatic N) is 4. The molecular weight excluding hydrogens is 432 g/mol. The van der Waals surface area contributed by atoms with Crippen LogP contribution in [0.15, 0.2) is 78.0 Å². The smallest absolute Gasteiger partial charge is 0.269 e. The van der Waals surface area contributed by atoms with Crippen molar-refractivity contribution in [2.75, 3.05) is 0 Å². The predicted octanol–water partition coefficient (Wildman–Crippen LogP) is 6.35. The SMILES string of the molecule is CCc1ccc(-n2c(SCc3cccc([N+](=O)[O-])c3)nnc2-c2ccc(Cl)cc2)cc1. The van der Waals surface area contributed by atoms with Gasteiger partial charge in [0.1, 0.15) is 0 Å². The van der Waals surface area contributed by atoms with Gasteiger partial charge < -0.3 is 0 Å². The van der Waals surface area contributed by atoms with E-state index in [1.165, 1.54) is 23.4 Å². The summed E-state index contributed by atoms with van der Waals surface area (Å²) < 4.78 is 2.00. The first-order valence-electron chi connectivity index (χ1n) is 9.72. The van der Waals surface area contributed by atoms with Crippen molar-refractivity contribution in [2.45, 2.75) is 24.3 Å². The number of thioether (sulfide) groups is 1. The molecule has 0 amide bonds. The van der Waals surface area contributed by atoms with Crippen LogP contribution in [0.2, 0.25) is 5.02 Å². The summed E-state index contributed by atoms with van der Waals surface area (Å²) in [6.45, 7) is 2.12. The maximum Gasteiger partial charge on any atom is 0.269 e. The predicted molar refractivity (Wildman–Crippen MR) is 124 cm³/mol. The molecule has 0 spiro atoms. The van der Waals surface area contributed by atoms with E-state index in [-0.39, 0.29) is 10.6 Å². The number of nitro benzene ring substituents is 1. The standard InChI is InChI=1S/C23H19ClN4O2S/c1-2-16-6-12-20(13-7-16)27-22(18-8-10-19(24)11-9-18)25-26-23(27)31-15-17-4-3-5-21(14-17)28(29)30/h3-14H,2,15H2,1H3. The van der Waals surface area contributed by atoms with Crippen LogP contribution in [0.3, 0.4) is 0 Å². The summed E-state index contributed by atoms with van der Waals surface area (Å²) in [5.41, 5.74) is 4.03. The zero-order valence-electron chi connectivity index (χ0n) is 16.7. The summed E-state index contributed by atoms with van der Waals surface area (Å²) in [4.78, 5) is 10.7. The largest absolute Gasteiger partial charge is 0.270 e. The van der Waals surface area contributed by atoms with Crippen molar-refractivity contribution in [1.82, 2.24) is 14.8 Å². The Morgan fingerprint density at radius 2 is 1.74 bits per heavy atom. The average Bonchev–Trinajstić information content (AvgIpc) is 3.22. The third-order valence-electron chi connectivity index (χ3n) is 4.83. The Morgan fingerprint density at radius 1 is 1.00 bits per heavy atom. The Bertz CT molecular complexity index is 1210. The average molecular weight is 451 g/mol. The number of benzene rings is 3. The molecule has 1 aromatic heterocycles. The zero-order valence-corrected chi connectivity index (χ0v) is 18.3. The first kappa shape index (κ1) is 21.1. The molecule has 0 aliphatic heterocycles. The fourth-order valence-electron chi connectivity index (χ4n) is 3.17. The monoisotopic (exact) mass is 450 g/mol. The lowest BCUT2D eigenvalue weighted by molar-refractivity contribution is -0.384. The minimum absolute atomic E-state index is 0.0802. The highest BCUT2D eigenvalue weighted by atomic mass is 35.5. The molecule has 0 fully saturated rings. The number of aryl methyl sites for hydroxylation is 1. The van der Waals surface area contributed by atoms with Gasteiger partial charge in [0.25, 0.3) is 5.69 Å². The van der Waals surface area contributed by atoms with Crippen molar-refractivity contribution < 1.29 is 4.92 Å². The molecule has 31 heavy (non-hydrogen) atoms. The van der Waals surface area contributed by atoms with Crippen LogP contribution in [0, 0.1) is 10.1 Å². The highest BCUT2D eigenvalue weighted by Gasteiger charge is 2.17. The van der Waals surface area contributed by atoms with E-state index >= 15 is 0 Å². The fraction of sp³-hybridized carbons (Fsp3) is 0.130. The molecule has 0 saturated heterocycles. The Morgan fingerprint density at radius 3 is 2.42 bits per heavy atom. The van der Waals surface area contributed by atoms with E-state index in [0.29, 0.717) is 21.8 Å². The van der Waals surface area contributed by atoms with Crippen molar-refractivity contribution in [2.24, 2.45) is 0 Å². The summed E-state index contributed by atoms with van der Waals surface area (Å²) in [6, 6.07) is 22.4. The molecule has 0 aliphatic rings. The number of non-ortho nitro benzene ring substituents is 1. The number of halogens is 1. The molecule has 6 nitrogen and oxygen atoms in total. The minimum atomic E-state index is -0.384. The topological polar surface area (TPSA) is 73.8 Å². The van der Waals surface area contributed by atoms with E-state index in [2.05, 4.69) is 41.4 Å². The van der Waals surface area contributed by atoms with E-state index in [1.807, 2.05) is 34.9 Å². The fourth-order valence-corrected chi connectivity index (χ4v) is 4.19. The van der Waals surface area contributed by atoms with Gasteiger partial charge in [-0.1, -0.05) is 54.6 Å². The molecule has 0 aliphatic carbocycles. The third-order valence-corrected chi connectivity index (χ3v) is 6.08. The van der Waals surface area contributed by atoms with Crippen LogP contribution in [0.25, 0.3) is 17.1 Å². The summed E-state index contributed by atoms with van der Waals surface area (Å²) in [5.74, 6) is 1.25. The lowest BCUT2D eigenvalue weighted by Gasteiger charge is -2.11. The van der Waals surface area contributed by atoms with E-state index < -0.39 is 0 Å². The Balaban J connectivity index is 1.70. The van der Waals surface area contributed by atoms with Gasteiger partial charge in [0.2, 0.25) is 0 Å². The van der Waals surface area contributed by atoms with E-state index in [0.717, 1.165) is 23.2 Å². The molecule has 0 atom stereocenters. The van der Waals surface area contributed by atoms with Gasteiger partial charge in [-0.25, -0.2) is 0 Å². The molecule has 1 heterocycles. The molecule has 0 radical (unpaired) electrons. The van der Waals surface area contributed by atoms with E-state index in [1.54, 1.807) is 12.1 Å². The first-order chi connectivity index (χ1) is 15.0. The molecule has 4 aromatic rings. The summed E-state index contributed by atoms with van der Waals surface area (Å²) in [6.07, 6.45) is 0.959. The van der Waals surface area contributed by atoms with Gasteiger partial charge in [0.05, 0.1) is 4.92 Å². The van der Waals surface area contributed by atoms with Gasteiger partial charge in [-0.15, -0.1) is 10.2 Å². The third kappa shape index (κ3) is 4.78. The van der Waals surface area contributed by atoms with Crippen molar-refractivity contribution in [1.29, 1.82) is 0 Å². The van der Waals surface area contributed by atoms with Gasteiger partial charge in [-0.2, -0.15) is 0 Å². The van der Waals surface area contributed by atoms with Crippen LogP contribution in [0.5, 0.6) is 0 Å². The molecule has 0 unspecified atom stereocenters. The summed E-state index contributed by atoms with van der Waals surface area (Å²) >= 11 is 7.54. The lowest BCUT2D eigenvalue weighted by atomic mass is 10.1. The molecule has 3 aromatic carbocycles. The maximum atomic E-state index is 11.1. The van der Waals surface area contributed by atoms with Crippen molar-refractivity contribution in [3.05, 3.63) is 99.1 Å². The Kier molecular flexibility index (Phi) is 6.34. The number of nitro groups is 1. The number of aromatic nitrogens is 3. The van der Waals surface area contributed by atoms with Crippen LogP contribution in [0.4, 0.5) is 5.69 Å². The quantitative estimate of drug-likeness (QED) is 0.186. The molecular formula is C23H19ClN4O2S. The molecule has 0 N–H and O–H groups in total. The number of hydrogen-bond acceptors (Lipinski definition) is 5. The van der Waals surface area contributed by atoms with Gasteiger partial charge in [-0.3, -0.25) is 14.7 Å². The lowest BCUT2D eigenvalue weighted by Crippen LogP contribution is -2.00. The van der Waals surface area contributed by atoms with Gasteiger partial charge in [-0.05, 0) is 53.9 Å². The highest BCUT2D eigenvalue weighted by molar-refractivity contribution is 7.98. The van der Waals surface area contributed by atoms with Gasteiger partial charge in [0.15, 0.2) is 11.0 Å². The molecule has 156 valence electrons. The Labute approximate surface area is 189 Å². The normalized spacial score (nSPS) is 10.9. The maximum absolute atomic E-state index is 11.1. The minimum Gasteiger partial charge on any atom is -0.270 e. The van der Waals surface area contributed by atoms with Crippen molar-refractivity contribution >= 4 is 29.1 Å². The second-order valence-corrected chi connectivity index (χ2v) is 8.26. The van der Waals surface area contributed by atoms with Crippen LogP contribution < -0.4 is 0 Å². The number of hydrogen-bond donors (Lipinski definition) is 0. The van der Waals surface area contributed by atoms with Crippen molar-refractivity contribution in [3.8, 4) is 17.1 Å². The summed E-state index contributed by atoms with van der Waals surface area (Å²) in [5, 5.41) is 21.3. The Hall–Kier alpha value is -3.16. The van der Waals surface area contributed by atoms with Crippen LogP contribution in [0.1, 0.15) is 18.1 Å². The highest BCUT2D eigenvalue weighted by Crippen LogP contribution is 2.31. The van der Waals surface area contributed by atoms with Gasteiger partial charge >= 0.3 is 0 Å². The van der Waals surface area contributed by atoms with Crippen LogP contribution in [-0.2, 0) is 12.2 Å². The van der Waals surface area contributed by atoms with E-state index in [4.69, 9.17) is 11.6 Å². The second kappa shape index (κ2) is 9.32. The molecule has 8 heteroatoms. The van der Waals surface area contributed by atoms with E-state index in [9.17, 15) is 10.1 Å². The molecule has 4 rings (SSSR count). The first-order valence-corrected chi connectivity index (χ1v) is 11.1. The second-order valence-electron chi connectivity index (χ2n) is 6.88. The van der Waals surface area contributed by atoms with Crippen LogP contribution in [-0.4, -0.2) is 19.7 Å². The van der Waals surface area contributed by atoms with Crippen molar-refractivity contribution in [3.63, 3.8) is 0 Å². The number of rotatable bonds is 7. The molecule has 0 saturated carbocycles. The van der Waals surface area contributed by atoms with Gasteiger partial charge in [0, 0.05) is 34.2 Å². The zero-order chi connectivity index (χ0) is 21.8. The molecule has 0 bridgehead atoms. The summed E-state index contributed by atoms with van der Waals surface area (Å²) in [7, 11) is 0. The van der Waals surface area contributed by atoms with Crippen LogP contribution >= 0.6 is 23.4 Å².